The second kappa shape index (κ2) is 19.7. The molecule has 10 heteroatoms. The molecule has 0 unspecified atom stereocenters. The molecule has 2 heterocycles. The molecule has 4 atom stereocenters. The van der Waals surface area contributed by atoms with Gasteiger partial charge in [0, 0.05) is 19.5 Å². The Balaban J connectivity index is 0.000000631. The second-order valence-electron chi connectivity index (χ2n) is 9.88. The van der Waals surface area contributed by atoms with E-state index < -0.39 is 15.6 Å². The zero-order chi connectivity index (χ0) is 27.2. The summed E-state index contributed by atoms with van der Waals surface area (Å²) in [7, 11) is -5.33. The van der Waals surface area contributed by atoms with Crippen molar-refractivity contribution in [1.82, 2.24) is 0 Å². The van der Waals surface area contributed by atoms with Crippen LogP contribution in [0.2, 0.25) is 0 Å². The molecule has 1 radical (unpaired) electrons. The third-order valence-electron chi connectivity index (χ3n) is 7.66. The van der Waals surface area contributed by atoms with Crippen molar-refractivity contribution in [3.63, 3.8) is 0 Å². The maximum atomic E-state index is 10.7. The Morgan fingerprint density at radius 3 is 1.05 bits per heavy atom. The monoisotopic (exact) mass is 674 g/mol. The van der Waals surface area contributed by atoms with Crippen LogP contribution in [0.25, 0.3) is 0 Å². The first-order valence-electron chi connectivity index (χ1n) is 13.8. The van der Waals surface area contributed by atoms with Crippen molar-refractivity contribution >= 4 is 26.0 Å². The van der Waals surface area contributed by atoms with Gasteiger partial charge in [0.25, 0.3) is 0 Å². The molecule has 0 amide bonds. The maximum absolute atomic E-state index is 10.7. The molecule has 2 saturated heterocycles. The third kappa shape index (κ3) is 13.7. The standard InChI is InChI=1S/C18H36P2.C8H12.CHF3O3S.Rh/c1-5-15-9-10-16(6-2)19(15)13-14-20-17(7-3)11-12-18(20)8-4;1-2-4-6-8-7-5-3-1;2-1(3,4)8(5,6)7;/h15-18H,5-14H2,1-4H3;1-2,7-8H,3-6H2;(H,5,6,7);/p-1/b;2-1-,8-7?;;/t15-,16-,17-,18-;;;/m1.../s1. The van der Waals surface area contributed by atoms with Gasteiger partial charge in [-0.2, -0.15) is 13.2 Å². The minimum absolute atomic E-state index is 0. The van der Waals surface area contributed by atoms with Crippen LogP contribution in [0.4, 0.5) is 13.2 Å². The molecule has 1 aliphatic carbocycles. The van der Waals surface area contributed by atoms with E-state index in [2.05, 4.69) is 52.0 Å². The SMILES string of the molecule is C1=CCC/C=C\CC1.CC[C@@H]1CC[C@@H](CC)P1CCP1[C@H](CC)CC[C@H]1CC.O=S(=O)([O-])C(F)(F)F.[Rh]. The van der Waals surface area contributed by atoms with Crippen LogP contribution >= 0.6 is 15.8 Å². The minimum atomic E-state index is -6.09. The Labute approximate surface area is 240 Å². The van der Waals surface area contributed by atoms with Gasteiger partial charge in [-0.3, -0.25) is 0 Å². The second-order valence-corrected chi connectivity index (χ2v) is 17.1. The minimum Gasteiger partial charge on any atom is -0.741 e. The zero-order valence-corrected chi connectivity index (χ0v) is 27.3. The van der Waals surface area contributed by atoms with E-state index in [1.165, 1.54) is 51.4 Å². The molecule has 3 aliphatic rings. The molecule has 3 rings (SSSR count). The quantitative estimate of drug-likeness (QED) is 0.0890. The molecule has 0 bridgehead atoms. The van der Waals surface area contributed by atoms with Crippen molar-refractivity contribution in [2.45, 2.75) is 133 Å². The summed E-state index contributed by atoms with van der Waals surface area (Å²) < 4.78 is 58.9. The van der Waals surface area contributed by atoms with E-state index in [9.17, 15) is 13.2 Å². The summed E-state index contributed by atoms with van der Waals surface area (Å²) in [6, 6.07) is 0. The van der Waals surface area contributed by atoms with Crippen LogP contribution in [0.1, 0.15) is 105 Å². The summed E-state index contributed by atoms with van der Waals surface area (Å²) in [4.78, 5) is 0. The molecule has 0 saturated carbocycles. The summed E-state index contributed by atoms with van der Waals surface area (Å²) in [6.45, 7) is 9.79. The van der Waals surface area contributed by atoms with Crippen molar-refractivity contribution in [1.29, 1.82) is 0 Å². The molecule has 2 aliphatic heterocycles. The van der Waals surface area contributed by atoms with Crippen LogP contribution in [0.3, 0.4) is 0 Å². The molecule has 37 heavy (non-hydrogen) atoms. The van der Waals surface area contributed by atoms with Gasteiger partial charge in [0.2, 0.25) is 0 Å². The van der Waals surface area contributed by atoms with Crippen LogP contribution in [0, 0.1) is 0 Å². The smallest absolute Gasteiger partial charge is 0.485 e. The molecular weight excluding hydrogens is 626 g/mol. The van der Waals surface area contributed by atoms with Crippen LogP contribution in [-0.4, -0.2) is 53.4 Å². The molecule has 3 nitrogen and oxygen atoms in total. The maximum Gasteiger partial charge on any atom is 0.485 e. The van der Waals surface area contributed by atoms with Gasteiger partial charge in [-0.25, -0.2) is 8.42 Å². The van der Waals surface area contributed by atoms with Gasteiger partial charge in [-0.05, 0) is 112 Å². The summed E-state index contributed by atoms with van der Waals surface area (Å²) in [5.74, 6) is 0. The largest absolute Gasteiger partial charge is 0.741 e. The van der Waals surface area contributed by atoms with Gasteiger partial charge in [-0.1, -0.05) is 52.0 Å². The van der Waals surface area contributed by atoms with Crippen molar-refractivity contribution in [3.05, 3.63) is 24.3 Å². The van der Waals surface area contributed by atoms with E-state index in [0.29, 0.717) is 15.8 Å². The van der Waals surface area contributed by atoms with E-state index in [0.717, 1.165) is 22.6 Å². The number of allylic oxidation sites excluding steroid dienone is 4. The predicted molar refractivity (Wildman–Crippen MR) is 151 cm³/mol. The molecule has 0 aromatic rings. The fourth-order valence-corrected chi connectivity index (χ4v) is 13.9. The Hall–Kier alpha value is 0.663. The predicted octanol–water partition coefficient (Wildman–Crippen LogP) is 9.37. The topological polar surface area (TPSA) is 57.2 Å². The van der Waals surface area contributed by atoms with E-state index in [4.69, 9.17) is 13.0 Å². The molecule has 2 fully saturated rings. The van der Waals surface area contributed by atoms with Crippen molar-refractivity contribution in [2.24, 2.45) is 0 Å². The summed E-state index contributed by atoms with van der Waals surface area (Å²) in [5, 5.41) is 0. The number of alkyl halides is 3. The van der Waals surface area contributed by atoms with E-state index in [1.54, 1.807) is 38.0 Å². The summed E-state index contributed by atoms with van der Waals surface area (Å²) >= 11 is 0. The molecule has 0 spiro atoms. The van der Waals surface area contributed by atoms with Gasteiger partial charge >= 0.3 is 5.51 Å². The molecule has 0 aromatic heterocycles. The fourth-order valence-electron chi connectivity index (χ4n) is 5.60. The van der Waals surface area contributed by atoms with Crippen molar-refractivity contribution in [2.75, 3.05) is 12.3 Å². The summed E-state index contributed by atoms with van der Waals surface area (Å²) in [5.41, 5.74) is -1.12. The van der Waals surface area contributed by atoms with Crippen LogP contribution in [0.5, 0.6) is 0 Å². The van der Waals surface area contributed by atoms with Gasteiger partial charge in [-0.15, -0.1) is 15.8 Å². The normalized spacial score (nSPS) is 27.7. The average Bonchev–Trinajstić information content (AvgIpc) is 3.39. The van der Waals surface area contributed by atoms with E-state index >= 15 is 0 Å². The van der Waals surface area contributed by atoms with Crippen LogP contribution < -0.4 is 0 Å². The molecule has 0 N–H and O–H groups in total. The average molecular weight is 675 g/mol. The molecular formula is C27H48F3O3P2RhS-. The molecule has 0 aromatic carbocycles. The Kier molecular flexibility index (Phi) is 20.0. The number of hydrogen-bond acceptors (Lipinski definition) is 3. The number of hydrogen-bond donors (Lipinski definition) is 0. The Morgan fingerprint density at radius 2 is 0.892 bits per heavy atom. The zero-order valence-electron chi connectivity index (χ0n) is 23.0. The first kappa shape index (κ1) is 37.7. The molecule has 221 valence electrons. The first-order valence-corrected chi connectivity index (χ1v) is 18.6. The van der Waals surface area contributed by atoms with Crippen molar-refractivity contribution in [3.8, 4) is 0 Å². The summed E-state index contributed by atoms with van der Waals surface area (Å²) in [6.07, 6.45) is 29.4. The van der Waals surface area contributed by atoms with Crippen LogP contribution in [0.15, 0.2) is 24.3 Å². The Morgan fingerprint density at radius 1 is 0.676 bits per heavy atom. The Bertz CT molecular complexity index is 684. The van der Waals surface area contributed by atoms with Gasteiger partial charge in [0.1, 0.15) is 0 Å². The number of halogens is 3. The van der Waals surface area contributed by atoms with Gasteiger partial charge < -0.3 is 4.55 Å². The first-order chi connectivity index (χ1) is 17.0. The van der Waals surface area contributed by atoms with E-state index in [-0.39, 0.29) is 19.5 Å². The van der Waals surface area contributed by atoms with E-state index in [1.807, 2.05) is 0 Å². The van der Waals surface area contributed by atoms with Gasteiger partial charge in [0.15, 0.2) is 10.1 Å². The van der Waals surface area contributed by atoms with Crippen LogP contribution in [-0.2, 0) is 29.6 Å². The fraction of sp³-hybridized carbons (Fsp3) is 0.852. The van der Waals surface area contributed by atoms with Gasteiger partial charge in [0.05, 0.1) is 0 Å². The third-order valence-corrected chi connectivity index (χ3v) is 16.3. The van der Waals surface area contributed by atoms with Crippen molar-refractivity contribution < 1.29 is 45.6 Å². The number of rotatable bonds is 7.